The van der Waals surface area contributed by atoms with Crippen LogP contribution >= 0.6 is 0 Å². The molecule has 0 radical (unpaired) electrons. The molecule has 29 heavy (non-hydrogen) atoms. The lowest BCUT2D eigenvalue weighted by Gasteiger charge is -2.35. The molecule has 0 saturated heterocycles. The van der Waals surface area contributed by atoms with Crippen LogP contribution in [0.2, 0.25) is 0 Å². The SMILES string of the molecule is C=C(C)C(C)/C=C/CC1CCC(/C=C\C(C)CCC(C)C)=C\CCC1(C)C.CC. The maximum Gasteiger partial charge on any atom is -0.00571 e. The van der Waals surface area contributed by atoms with Gasteiger partial charge in [-0.3, -0.25) is 0 Å². The van der Waals surface area contributed by atoms with Gasteiger partial charge in [0.1, 0.15) is 0 Å². The summed E-state index contributed by atoms with van der Waals surface area (Å²) in [6.07, 6.45) is 21.0. The maximum absolute atomic E-state index is 4.08. The monoisotopic (exact) mass is 400 g/mol. The predicted molar refractivity (Wildman–Crippen MR) is 135 cm³/mol. The van der Waals surface area contributed by atoms with Gasteiger partial charge in [-0.1, -0.05) is 110 Å². The largest absolute Gasteiger partial charge is 0.0996 e. The van der Waals surface area contributed by atoms with Crippen LogP contribution in [0.25, 0.3) is 0 Å². The van der Waals surface area contributed by atoms with Crippen molar-refractivity contribution in [2.45, 2.75) is 107 Å². The molecule has 1 aliphatic carbocycles. The van der Waals surface area contributed by atoms with Crippen molar-refractivity contribution in [1.29, 1.82) is 0 Å². The third-order valence-corrected chi connectivity index (χ3v) is 6.54. The maximum atomic E-state index is 4.08. The third kappa shape index (κ3) is 12.3. The molecule has 1 rings (SSSR count). The zero-order valence-electron chi connectivity index (χ0n) is 21.4. The van der Waals surface area contributed by atoms with Crippen molar-refractivity contribution in [3.8, 4) is 0 Å². The van der Waals surface area contributed by atoms with Crippen LogP contribution in [-0.2, 0) is 0 Å². The molecule has 0 heterocycles. The van der Waals surface area contributed by atoms with Crippen LogP contribution in [0.1, 0.15) is 107 Å². The van der Waals surface area contributed by atoms with Crippen molar-refractivity contribution in [3.63, 3.8) is 0 Å². The standard InChI is InChI=1S/C27H46.C2H6/c1-21(2)14-15-23(5)16-17-25-12-10-20-27(7,8)26(19-18-25)13-9-11-24(6)22(3)4;1-2/h9,11-12,16-17,21,23-24,26H,3,10,13-15,18-20H2,1-2,4-8H3;1-2H3/b11-9+,17-16-,25-12-;. The van der Waals surface area contributed by atoms with Gasteiger partial charge in [0.05, 0.1) is 0 Å². The van der Waals surface area contributed by atoms with E-state index in [4.69, 9.17) is 0 Å². The lowest BCUT2D eigenvalue weighted by Crippen LogP contribution is -2.25. The van der Waals surface area contributed by atoms with Crippen LogP contribution in [0.5, 0.6) is 0 Å². The summed E-state index contributed by atoms with van der Waals surface area (Å²) in [7, 11) is 0. The molecule has 0 amide bonds. The summed E-state index contributed by atoms with van der Waals surface area (Å²) in [6, 6.07) is 0. The summed E-state index contributed by atoms with van der Waals surface area (Å²) < 4.78 is 0. The van der Waals surface area contributed by atoms with Gasteiger partial charge in [0, 0.05) is 0 Å². The van der Waals surface area contributed by atoms with Gasteiger partial charge >= 0.3 is 0 Å². The van der Waals surface area contributed by atoms with Crippen LogP contribution in [0.3, 0.4) is 0 Å². The molecule has 168 valence electrons. The Balaban J connectivity index is 0.00000379. The highest BCUT2D eigenvalue weighted by Crippen LogP contribution is 2.40. The first-order chi connectivity index (χ1) is 13.6. The van der Waals surface area contributed by atoms with Gasteiger partial charge in [-0.05, 0) is 74.5 Å². The van der Waals surface area contributed by atoms with Crippen LogP contribution in [0, 0.1) is 29.1 Å². The van der Waals surface area contributed by atoms with E-state index in [1.54, 1.807) is 5.57 Å². The fraction of sp³-hybridized carbons (Fsp3) is 0.724. The molecule has 1 aliphatic rings. The highest BCUT2D eigenvalue weighted by Gasteiger charge is 2.28. The van der Waals surface area contributed by atoms with Crippen LogP contribution in [0.15, 0.2) is 48.1 Å². The third-order valence-electron chi connectivity index (χ3n) is 6.54. The van der Waals surface area contributed by atoms with Gasteiger partial charge < -0.3 is 0 Å². The molecule has 0 aromatic heterocycles. The highest BCUT2D eigenvalue weighted by atomic mass is 14.3. The van der Waals surface area contributed by atoms with E-state index in [2.05, 4.69) is 85.4 Å². The van der Waals surface area contributed by atoms with Crippen LogP contribution in [0.4, 0.5) is 0 Å². The Morgan fingerprint density at radius 3 is 2.38 bits per heavy atom. The Kier molecular flexibility index (Phi) is 14.3. The molecule has 0 bridgehead atoms. The topological polar surface area (TPSA) is 0 Å². The van der Waals surface area contributed by atoms with Crippen LogP contribution in [-0.4, -0.2) is 0 Å². The average molecular weight is 401 g/mol. The molecule has 0 fully saturated rings. The minimum atomic E-state index is 0.424. The Morgan fingerprint density at radius 1 is 1.14 bits per heavy atom. The number of rotatable bonds is 9. The Bertz CT molecular complexity index is 526. The van der Waals surface area contributed by atoms with Gasteiger partial charge in [0.2, 0.25) is 0 Å². The second-order valence-corrected chi connectivity index (χ2v) is 10.1. The van der Waals surface area contributed by atoms with Crippen molar-refractivity contribution in [2.24, 2.45) is 29.1 Å². The van der Waals surface area contributed by atoms with E-state index in [0.29, 0.717) is 17.3 Å². The number of hydrogen-bond acceptors (Lipinski definition) is 0. The van der Waals surface area contributed by atoms with Crippen molar-refractivity contribution in [1.82, 2.24) is 0 Å². The summed E-state index contributed by atoms with van der Waals surface area (Å²) in [5.74, 6) is 2.76. The molecule has 0 aliphatic heterocycles. The minimum absolute atomic E-state index is 0.424. The smallest absolute Gasteiger partial charge is 0.00571 e. The van der Waals surface area contributed by atoms with Crippen molar-refractivity contribution < 1.29 is 0 Å². The second kappa shape index (κ2) is 14.9. The molecule has 3 atom stereocenters. The normalized spacial score (nSPS) is 23.7. The summed E-state index contributed by atoms with van der Waals surface area (Å²) in [5, 5.41) is 0. The van der Waals surface area contributed by atoms with E-state index in [9.17, 15) is 0 Å². The molecule has 0 aromatic carbocycles. The van der Waals surface area contributed by atoms with E-state index in [0.717, 1.165) is 11.8 Å². The number of hydrogen-bond donors (Lipinski definition) is 0. The quantitative estimate of drug-likeness (QED) is 0.338. The van der Waals surface area contributed by atoms with Crippen molar-refractivity contribution in [3.05, 3.63) is 48.1 Å². The molecule has 3 unspecified atom stereocenters. The van der Waals surface area contributed by atoms with Crippen molar-refractivity contribution in [2.75, 3.05) is 0 Å². The lowest BCUT2D eigenvalue weighted by atomic mass is 9.70. The zero-order valence-corrected chi connectivity index (χ0v) is 21.4. The van der Waals surface area contributed by atoms with E-state index >= 15 is 0 Å². The van der Waals surface area contributed by atoms with Gasteiger partial charge in [-0.15, -0.1) is 0 Å². The zero-order chi connectivity index (χ0) is 22.4. The lowest BCUT2D eigenvalue weighted by molar-refractivity contribution is 0.183. The van der Waals surface area contributed by atoms with Gasteiger partial charge in [0.25, 0.3) is 0 Å². The Labute approximate surface area is 184 Å². The van der Waals surface area contributed by atoms with Crippen molar-refractivity contribution >= 4 is 0 Å². The van der Waals surface area contributed by atoms with Gasteiger partial charge in [-0.25, -0.2) is 0 Å². The molecular weight excluding hydrogens is 348 g/mol. The molecular formula is C29H52. The predicted octanol–water partition coefficient (Wildman–Crippen LogP) is 9.94. The molecule has 0 N–H and O–H groups in total. The Hall–Kier alpha value is -1.04. The van der Waals surface area contributed by atoms with Gasteiger partial charge in [-0.2, -0.15) is 0 Å². The molecule has 0 spiro atoms. The summed E-state index contributed by atoms with van der Waals surface area (Å²) >= 11 is 0. The molecule has 0 aromatic rings. The molecule has 0 saturated carbocycles. The fourth-order valence-electron chi connectivity index (χ4n) is 3.85. The first-order valence-electron chi connectivity index (χ1n) is 12.3. The molecule has 0 nitrogen and oxygen atoms in total. The Morgan fingerprint density at radius 2 is 1.79 bits per heavy atom. The molecule has 0 heteroatoms. The minimum Gasteiger partial charge on any atom is -0.0996 e. The first-order valence-corrected chi connectivity index (χ1v) is 12.3. The highest BCUT2D eigenvalue weighted by molar-refractivity contribution is 5.20. The summed E-state index contributed by atoms with van der Waals surface area (Å²) in [4.78, 5) is 0. The average Bonchev–Trinajstić information content (AvgIpc) is 2.66. The van der Waals surface area contributed by atoms with E-state index in [-0.39, 0.29) is 0 Å². The first kappa shape index (κ1) is 28.0. The van der Waals surface area contributed by atoms with E-state index in [1.165, 1.54) is 50.5 Å². The van der Waals surface area contributed by atoms with E-state index in [1.807, 2.05) is 13.8 Å². The van der Waals surface area contributed by atoms with Crippen LogP contribution < -0.4 is 0 Å². The summed E-state index contributed by atoms with van der Waals surface area (Å²) in [5.41, 5.74) is 3.24. The summed E-state index contributed by atoms with van der Waals surface area (Å²) in [6.45, 7) is 24.4. The van der Waals surface area contributed by atoms with E-state index < -0.39 is 0 Å². The number of allylic oxidation sites excluding steroid dienone is 7. The van der Waals surface area contributed by atoms with Gasteiger partial charge in [0.15, 0.2) is 0 Å². The fourth-order valence-corrected chi connectivity index (χ4v) is 3.85. The second-order valence-electron chi connectivity index (χ2n) is 10.1.